The first-order valence-corrected chi connectivity index (χ1v) is 7.59. The van der Waals surface area contributed by atoms with Crippen molar-refractivity contribution in [3.63, 3.8) is 0 Å². The van der Waals surface area contributed by atoms with E-state index in [0.29, 0.717) is 13.1 Å². The minimum atomic E-state index is 0.0564. The van der Waals surface area contributed by atoms with E-state index in [1.807, 2.05) is 32.0 Å². The fourth-order valence-corrected chi connectivity index (χ4v) is 2.26. The van der Waals surface area contributed by atoms with Gasteiger partial charge in [0.15, 0.2) is 0 Å². The highest BCUT2D eigenvalue weighted by Gasteiger charge is 2.12. The summed E-state index contributed by atoms with van der Waals surface area (Å²) >= 11 is 3.54. The topological polar surface area (TPSA) is 41.6 Å². The van der Waals surface area contributed by atoms with E-state index in [2.05, 4.69) is 33.1 Å². The fourth-order valence-electron chi connectivity index (χ4n) is 1.89. The van der Waals surface area contributed by atoms with Crippen LogP contribution in [0.25, 0.3) is 0 Å². The van der Waals surface area contributed by atoms with Crippen LogP contribution >= 0.6 is 15.9 Å². The fraction of sp³-hybridized carbons (Fsp3) is 0.533. The first-order chi connectivity index (χ1) is 9.46. The molecule has 112 valence electrons. The molecule has 1 rings (SSSR count). The summed E-state index contributed by atoms with van der Waals surface area (Å²) in [5, 5.41) is 2.91. The molecular weight excluding hydrogens is 320 g/mol. The molecule has 0 aliphatic heterocycles. The lowest BCUT2D eigenvalue weighted by Gasteiger charge is -2.21. The van der Waals surface area contributed by atoms with Crippen LogP contribution in [0.5, 0.6) is 5.75 Å². The summed E-state index contributed by atoms with van der Waals surface area (Å²) in [6, 6.07) is 6.04. The van der Waals surface area contributed by atoms with Crippen molar-refractivity contribution in [2.75, 3.05) is 20.2 Å². The van der Waals surface area contributed by atoms with Gasteiger partial charge >= 0.3 is 0 Å². The number of carbonyl (C=O) groups excluding carboxylic acids is 1. The third kappa shape index (κ3) is 5.51. The Bertz CT molecular complexity index is 449. The predicted octanol–water partition coefficient (Wildman–Crippen LogP) is 2.80. The van der Waals surface area contributed by atoms with Crippen molar-refractivity contribution in [3.8, 4) is 5.75 Å². The van der Waals surface area contributed by atoms with Crippen molar-refractivity contribution in [1.82, 2.24) is 10.2 Å². The molecule has 0 heterocycles. The molecule has 0 radical (unpaired) electrons. The highest BCUT2D eigenvalue weighted by molar-refractivity contribution is 9.10. The molecule has 5 heteroatoms. The van der Waals surface area contributed by atoms with Crippen LogP contribution in [0.3, 0.4) is 0 Å². The Hall–Kier alpha value is -1.07. The van der Waals surface area contributed by atoms with Gasteiger partial charge in [-0.1, -0.05) is 22.9 Å². The normalized spacial score (nSPS) is 10.9. The first kappa shape index (κ1) is 17.0. The molecule has 0 aliphatic rings. The number of ether oxygens (including phenoxy) is 1. The molecule has 1 amide bonds. The highest BCUT2D eigenvalue weighted by atomic mass is 79.9. The van der Waals surface area contributed by atoms with Crippen molar-refractivity contribution in [2.24, 2.45) is 0 Å². The summed E-state index contributed by atoms with van der Waals surface area (Å²) in [6.45, 7) is 7.91. The number of hydrogen-bond acceptors (Lipinski definition) is 3. The van der Waals surface area contributed by atoms with Crippen molar-refractivity contribution < 1.29 is 9.53 Å². The minimum absolute atomic E-state index is 0.0564. The van der Waals surface area contributed by atoms with Crippen LogP contribution < -0.4 is 10.1 Å². The van der Waals surface area contributed by atoms with Crippen LogP contribution in [0.4, 0.5) is 0 Å². The van der Waals surface area contributed by atoms with Crippen molar-refractivity contribution in [3.05, 3.63) is 28.2 Å². The lowest BCUT2D eigenvalue weighted by atomic mass is 10.2. The maximum Gasteiger partial charge on any atom is 0.234 e. The van der Waals surface area contributed by atoms with Crippen LogP contribution in [-0.2, 0) is 11.3 Å². The van der Waals surface area contributed by atoms with Gasteiger partial charge in [-0.25, -0.2) is 0 Å². The molecule has 0 spiro atoms. The number of methoxy groups -OCH3 is 1. The monoisotopic (exact) mass is 342 g/mol. The zero-order valence-electron chi connectivity index (χ0n) is 12.6. The minimum Gasteiger partial charge on any atom is -0.497 e. The number of rotatable bonds is 7. The van der Waals surface area contributed by atoms with E-state index < -0.39 is 0 Å². The third-order valence-electron chi connectivity index (χ3n) is 2.91. The van der Waals surface area contributed by atoms with E-state index >= 15 is 0 Å². The SMILES string of the molecule is CCN(CC(=O)NC(C)C)Cc1cc(OC)ccc1Br. The molecule has 0 aromatic heterocycles. The van der Waals surface area contributed by atoms with Gasteiger partial charge in [-0.3, -0.25) is 9.69 Å². The number of hydrogen-bond donors (Lipinski definition) is 1. The Balaban J connectivity index is 2.70. The van der Waals surface area contributed by atoms with E-state index in [0.717, 1.165) is 22.3 Å². The Morgan fingerprint density at radius 2 is 2.15 bits per heavy atom. The maximum absolute atomic E-state index is 11.8. The summed E-state index contributed by atoms with van der Waals surface area (Å²) in [4.78, 5) is 13.9. The molecule has 20 heavy (non-hydrogen) atoms. The molecule has 0 atom stereocenters. The summed E-state index contributed by atoms with van der Waals surface area (Å²) in [7, 11) is 1.65. The quantitative estimate of drug-likeness (QED) is 0.828. The van der Waals surface area contributed by atoms with Crippen LogP contribution in [0.2, 0.25) is 0 Å². The summed E-state index contributed by atoms with van der Waals surface area (Å²) in [6.07, 6.45) is 0. The molecule has 0 unspecified atom stereocenters. The summed E-state index contributed by atoms with van der Waals surface area (Å²) in [5.74, 6) is 0.881. The van der Waals surface area contributed by atoms with Gasteiger partial charge in [0.25, 0.3) is 0 Å². The second-order valence-corrected chi connectivity index (χ2v) is 5.84. The van der Waals surface area contributed by atoms with Gasteiger partial charge in [-0.15, -0.1) is 0 Å². The van der Waals surface area contributed by atoms with Crippen molar-refractivity contribution in [1.29, 1.82) is 0 Å². The second kappa shape index (κ2) is 8.27. The lowest BCUT2D eigenvalue weighted by Crippen LogP contribution is -2.39. The standard InChI is InChI=1S/C15H23BrN2O2/c1-5-18(10-15(19)17-11(2)3)9-12-8-13(20-4)6-7-14(12)16/h6-8,11H,5,9-10H2,1-4H3,(H,17,19). The van der Waals surface area contributed by atoms with E-state index in [9.17, 15) is 4.79 Å². The number of likely N-dealkylation sites (N-methyl/N-ethyl adjacent to an activating group) is 1. The van der Waals surface area contributed by atoms with Gasteiger partial charge in [0.05, 0.1) is 13.7 Å². The number of halogens is 1. The maximum atomic E-state index is 11.8. The Morgan fingerprint density at radius 1 is 1.45 bits per heavy atom. The molecule has 1 N–H and O–H groups in total. The van der Waals surface area contributed by atoms with E-state index in [1.165, 1.54) is 0 Å². The average molecular weight is 343 g/mol. The summed E-state index contributed by atoms with van der Waals surface area (Å²) in [5.41, 5.74) is 1.11. The lowest BCUT2D eigenvalue weighted by molar-refractivity contribution is -0.122. The van der Waals surface area contributed by atoms with Crippen LogP contribution in [0.1, 0.15) is 26.3 Å². The van der Waals surface area contributed by atoms with Crippen LogP contribution in [0, 0.1) is 0 Å². The van der Waals surface area contributed by atoms with Gasteiger partial charge in [0.1, 0.15) is 5.75 Å². The van der Waals surface area contributed by atoms with Crippen LogP contribution in [0.15, 0.2) is 22.7 Å². The van der Waals surface area contributed by atoms with Gasteiger partial charge in [0, 0.05) is 17.1 Å². The van der Waals surface area contributed by atoms with Crippen molar-refractivity contribution in [2.45, 2.75) is 33.4 Å². The van der Waals surface area contributed by atoms with Gasteiger partial charge in [-0.2, -0.15) is 0 Å². The molecular formula is C15H23BrN2O2. The summed E-state index contributed by atoms with van der Waals surface area (Å²) < 4.78 is 6.27. The second-order valence-electron chi connectivity index (χ2n) is 4.98. The van der Waals surface area contributed by atoms with Crippen LogP contribution in [-0.4, -0.2) is 37.0 Å². The Kier molecular flexibility index (Phi) is 7.02. The predicted molar refractivity (Wildman–Crippen MR) is 84.9 cm³/mol. The Labute approximate surface area is 129 Å². The molecule has 0 saturated carbocycles. The van der Waals surface area contributed by atoms with Crippen molar-refractivity contribution >= 4 is 21.8 Å². The molecule has 4 nitrogen and oxygen atoms in total. The zero-order chi connectivity index (χ0) is 15.1. The van der Waals surface area contributed by atoms with E-state index in [-0.39, 0.29) is 11.9 Å². The van der Waals surface area contributed by atoms with Gasteiger partial charge in [0.2, 0.25) is 5.91 Å². The van der Waals surface area contributed by atoms with E-state index in [4.69, 9.17) is 4.74 Å². The smallest absolute Gasteiger partial charge is 0.234 e. The number of carbonyl (C=O) groups is 1. The van der Waals surface area contributed by atoms with Gasteiger partial charge < -0.3 is 10.1 Å². The Morgan fingerprint density at radius 3 is 2.70 bits per heavy atom. The number of nitrogens with zero attached hydrogens (tertiary/aromatic N) is 1. The highest BCUT2D eigenvalue weighted by Crippen LogP contribution is 2.23. The zero-order valence-corrected chi connectivity index (χ0v) is 14.2. The third-order valence-corrected chi connectivity index (χ3v) is 3.68. The number of amides is 1. The molecule has 1 aromatic rings. The molecule has 0 saturated heterocycles. The molecule has 1 aromatic carbocycles. The van der Waals surface area contributed by atoms with Gasteiger partial charge in [-0.05, 0) is 44.2 Å². The molecule has 0 fully saturated rings. The van der Waals surface area contributed by atoms with E-state index in [1.54, 1.807) is 7.11 Å². The first-order valence-electron chi connectivity index (χ1n) is 6.80. The number of nitrogens with one attached hydrogen (secondary N) is 1. The number of benzene rings is 1. The molecule has 0 aliphatic carbocycles. The average Bonchev–Trinajstić information content (AvgIpc) is 2.39. The largest absolute Gasteiger partial charge is 0.497 e. The molecule has 0 bridgehead atoms.